The zero-order chi connectivity index (χ0) is 17.7. The number of halogens is 2. The highest BCUT2D eigenvalue weighted by Crippen LogP contribution is 2.16. The van der Waals surface area contributed by atoms with Gasteiger partial charge in [-0.05, 0) is 42.7 Å². The number of hydrogen-bond donors (Lipinski definition) is 0. The molecule has 0 saturated carbocycles. The molecule has 2 rings (SSSR count). The summed E-state index contributed by atoms with van der Waals surface area (Å²) in [4.78, 5) is 14.2. The smallest absolute Gasteiger partial charge is 0.240 e. The average Bonchev–Trinajstić information content (AvgIpc) is 2.92. The van der Waals surface area contributed by atoms with Crippen LogP contribution >= 0.6 is 23.2 Å². The van der Waals surface area contributed by atoms with E-state index >= 15 is 0 Å². The van der Waals surface area contributed by atoms with Crippen LogP contribution in [-0.2, 0) is 17.9 Å². The molecule has 1 atom stereocenters. The second-order valence-electron chi connectivity index (χ2n) is 6.49. The molecule has 0 aliphatic carbocycles. The van der Waals surface area contributed by atoms with Crippen LogP contribution in [0.2, 0.25) is 5.02 Å². The summed E-state index contributed by atoms with van der Waals surface area (Å²) in [5.41, 5.74) is 2.22. The van der Waals surface area contributed by atoms with Gasteiger partial charge in [0.05, 0.1) is 6.54 Å². The van der Waals surface area contributed by atoms with Crippen LogP contribution in [0.15, 0.2) is 42.6 Å². The van der Waals surface area contributed by atoms with E-state index in [4.69, 9.17) is 23.2 Å². The van der Waals surface area contributed by atoms with E-state index in [2.05, 4.69) is 18.4 Å². The summed E-state index contributed by atoms with van der Waals surface area (Å²) in [6.45, 7) is 7.90. The van der Waals surface area contributed by atoms with Crippen molar-refractivity contribution in [2.45, 2.75) is 39.2 Å². The summed E-state index contributed by atoms with van der Waals surface area (Å²) in [6.07, 6.45) is 2.03. The Hall–Kier alpha value is -1.45. The van der Waals surface area contributed by atoms with Gasteiger partial charge in [0.1, 0.15) is 5.38 Å². The number of amides is 1. The third-order valence-electron chi connectivity index (χ3n) is 3.76. The predicted molar refractivity (Wildman–Crippen MR) is 101 cm³/mol. The highest BCUT2D eigenvalue weighted by atomic mass is 35.5. The standard InChI is InChI=1S/C19H24Cl2N2O/c1-14(2)11-23(19(24)15(3)20)13-18-8-5-9-22(18)12-16-6-4-7-17(21)10-16/h4-10,14-15H,11-13H2,1-3H3. The molecule has 1 unspecified atom stereocenters. The zero-order valence-corrected chi connectivity index (χ0v) is 15.9. The van der Waals surface area contributed by atoms with E-state index in [0.29, 0.717) is 19.0 Å². The second kappa shape index (κ2) is 8.59. The van der Waals surface area contributed by atoms with Gasteiger partial charge in [-0.25, -0.2) is 0 Å². The first-order valence-corrected chi connectivity index (χ1v) is 8.99. The summed E-state index contributed by atoms with van der Waals surface area (Å²) in [6, 6.07) is 11.9. The molecule has 0 bridgehead atoms. The molecule has 0 N–H and O–H groups in total. The molecule has 3 nitrogen and oxygen atoms in total. The number of alkyl halides is 1. The van der Waals surface area contributed by atoms with Crippen molar-refractivity contribution in [3.8, 4) is 0 Å². The molecule has 24 heavy (non-hydrogen) atoms. The third kappa shape index (κ3) is 5.29. The summed E-state index contributed by atoms with van der Waals surface area (Å²) >= 11 is 12.1. The maximum atomic E-state index is 12.4. The fourth-order valence-corrected chi connectivity index (χ4v) is 3.05. The number of carbonyl (C=O) groups is 1. The molecule has 1 aromatic heterocycles. The molecule has 0 aliphatic heterocycles. The molecule has 0 saturated heterocycles. The van der Waals surface area contributed by atoms with Crippen molar-refractivity contribution in [1.29, 1.82) is 0 Å². The van der Waals surface area contributed by atoms with Gasteiger partial charge in [-0.1, -0.05) is 37.6 Å². The van der Waals surface area contributed by atoms with Crippen LogP contribution in [0.3, 0.4) is 0 Å². The quantitative estimate of drug-likeness (QED) is 0.645. The van der Waals surface area contributed by atoms with Gasteiger partial charge < -0.3 is 9.47 Å². The molecular weight excluding hydrogens is 343 g/mol. The molecule has 1 amide bonds. The first-order chi connectivity index (χ1) is 11.4. The molecule has 1 aromatic carbocycles. The van der Waals surface area contributed by atoms with Crippen LogP contribution in [0, 0.1) is 5.92 Å². The summed E-state index contributed by atoms with van der Waals surface area (Å²) in [5.74, 6) is 0.363. The Morgan fingerprint density at radius 3 is 2.58 bits per heavy atom. The van der Waals surface area contributed by atoms with Gasteiger partial charge in [-0.2, -0.15) is 0 Å². The normalized spacial score (nSPS) is 12.4. The lowest BCUT2D eigenvalue weighted by atomic mass is 10.2. The minimum Gasteiger partial charge on any atom is -0.345 e. The largest absolute Gasteiger partial charge is 0.345 e. The van der Waals surface area contributed by atoms with Crippen molar-refractivity contribution in [2.75, 3.05) is 6.54 Å². The summed E-state index contributed by atoms with van der Waals surface area (Å²) < 4.78 is 2.14. The second-order valence-corrected chi connectivity index (χ2v) is 7.58. The van der Waals surface area contributed by atoms with E-state index in [1.807, 2.05) is 47.5 Å². The van der Waals surface area contributed by atoms with Crippen molar-refractivity contribution in [3.05, 3.63) is 58.9 Å². The minimum atomic E-state index is -0.514. The summed E-state index contributed by atoms with van der Waals surface area (Å²) in [7, 11) is 0. The number of aromatic nitrogens is 1. The number of benzene rings is 1. The van der Waals surface area contributed by atoms with Gasteiger partial charge >= 0.3 is 0 Å². The SMILES string of the molecule is CC(C)CN(Cc1cccn1Cc1cccc(Cl)c1)C(=O)C(C)Cl. The van der Waals surface area contributed by atoms with Gasteiger partial charge in [0.15, 0.2) is 0 Å². The zero-order valence-electron chi connectivity index (χ0n) is 14.4. The molecule has 0 fully saturated rings. The van der Waals surface area contributed by atoms with Crippen LogP contribution in [0.5, 0.6) is 0 Å². The van der Waals surface area contributed by atoms with Gasteiger partial charge in [0.25, 0.3) is 0 Å². The maximum absolute atomic E-state index is 12.4. The molecule has 130 valence electrons. The topological polar surface area (TPSA) is 25.2 Å². The van der Waals surface area contributed by atoms with E-state index in [1.165, 1.54) is 0 Å². The Morgan fingerprint density at radius 1 is 1.21 bits per heavy atom. The highest BCUT2D eigenvalue weighted by molar-refractivity contribution is 6.30. The molecule has 0 radical (unpaired) electrons. The molecule has 1 heterocycles. The van der Waals surface area contributed by atoms with E-state index < -0.39 is 5.38 Å². The number of nitrogens with zero attached hydrogens (tertiary/aromatic N) is 2. The monoisotopic (exact) mass is 366 g/mol. The van der Waals surface area contributed by atoms with Gasteiger partial charge in [-0.3, -0.25) is 4.79 Å². The van der Waals surface area contributed by atoms with Crippen molar-refractivity contribution >= 4 is 29.1 Å². The Balaban J connectivity index is 2.16. The average molecular weight is 367 g/mol. The highest BCUT2D eigenvalue weighted by Gasteiger charge is 2.20. The lowest BCUT2D eigenvalue weighted by Crippen LogP contribution is -2.38. The van der Waals surface area contributed by atoms with E-state index in [-0.39, 0.29) is 5.91 Å². The van der Waals surface area contributed by atoms with Crippen LogP contribution in [0.1, 0.15) is 32.0 Å². The Kier molecular flexibility index (Phi) is 6.76. The Morgan fingerprint density at radius 2 is 1.96 bits per heavy atom. The fraction of sp³-hybridized carbons (Fsp3) is 0.421. The number of carbonyl (C=O) groups excluding carboxylic acids is 1. The van der Waals surface area contributed by atoms with Crippen molar-refractivity contribution in [2.24, 2.45) is 5.92 Å². The molecule has 5 heteroatoms. The third-order valence-corrected chi connectivity index (χ3v) is 4.18. The van der Waals surface area contributed by atoms with E-state index in [0.717, 1.165) is 22.8 Å². The van der Waals surface area contributed by atoms with Gasteiger partial charge in [0.2, 0.25) is 5.91 Å². The lowest BCUT2D eigenvalue weighted by molar-refractivity contribution is -0.131. The Labute approximate surface area is 154 Å². The van der Waals surface area contributed by atoms with Crippen LogP contribution in [0.4, 0.5) is 0 Å². The van der Waals surface area contributed by atoms with Crippen molar-refractivity contribution < 1.29 is 4.79 Å². The lowest BCUT2D eigenvalue weighted by Gasteiger charge is -2.26. The molecule has 2 aromatic rings. The van der Waals surface area contributed by atoms with E-state index in [9.17, 15) is 4.79 Å². The van der Waals surface area contributed by atoms with Crippen LogP contribution < -0.4 is 0 Å². The summed E-state index contributed by atoms with van der Waals surface area (Å²) in [5, 5.41) is 0.217. The molecular formula is C19H24Cl2N2O. The molecule has 0 aliphatic rings. The first-order valence-electron chi connectivity index (χ1n) is 8.18. The first kappa shape index (κ1) is 18.9. The molecule has 0 spiro atoms. The van der Waals surface area contributed by atoms with Gasteiger partial charge in [0, 0.05) is 30.0 Å². The number of hydrogen-bond acceptors (Lipinski definition) is 1. The van der Waals surface area contributed by atoms with Crippen LogP contribution in [0.25, 0.3) is 0 Å². The number of rotatable bonds is 7. The van der Waals surface area contributed by atoms with Crippen molar-refractivity contribution in [3.63, 3.8) is 0 Å². The van der Waals surface area contributed by atoms with Crippen LogP contribution in [-0.4, -0.2) is 27.3 Å². The maximum Gasteiger partial charge on any atom is 0.240 e. The fourth-order valence-electron chi connectivity index (χ4n) is 2.70. The van der Waals surface area contributed by atoms with Gasteiger partial charge in [-0.15, -0.1) is 11.6 Å². The minimum absolute atomic E-state index is 0.0270. The van der Waals surface area contributed by atoms with E-state index in [1.54, 1.807) is 6.92 Å². The predicted octanol–water partition coefficient (Wildman–Crippen LogP) is 4.80. The Bertz CT molecular complexity index is 680. The van der Waals surface area contributed by atoms with Crippen molar-refractivity contribution in [1.82, 2.24) is 9.47 Å².